The number of carbonyl (C=O) groups excluding carboxylic acids is 1. The minimum absolute atomic E-state index is 0.208. The minimum Gasteiger partial charge on any atom is -0.306 e. The van der Waals surface area contributed by atoms with Gasteiger partial charge in [0.1, 0.15) is 0 Å². The highest BCUT2D eigenvalue weighted by Gasteiger charge is 2.07. The van der Waals surface area contributed by atoms with Gasteiger partial charge in [-0.15, -0.1) is 0 Å². The van der Waals surface area contributed by atoms with Crippen molar-refractivity contribution in [3.8, 4) is 0 Å². The molecular weight excluding hydrogens is 370 g/mol. The zero-order chi connectivity index (χ0) is 20.1. The van der Waals surface area contributed by atoms with Crippen LogP contribution in [0.1, 0.15) is 42.1 Å². The molecule has 144 valence electrons. The van der Waals surface area contributed by atoms with Crippen LogP contribution in [-0.2, 0) is 11.3 Å². The van der Waals surface area contributed by atoms with E-state index in [1.165, 1.54) is 11.6 Å². The van der Waals surface area contributed by atoms with Gasteiger partial charge in [0.2, 0.25) is 5.91 Å². The summed E-state index contributed by atoms with van der Waals surface area (Å²) >= 11 is 6.04. The average molecular weight is 394 g/mol. The first-order valence-corrected chi connectivity index (χ1v) is 9.66. The van der Waals surface area contributed by atoms with Crippen LogP contribution in [0, 0.1) is 6.92 Å². The molecule has 0 aliphatic heterocycles. The Bertz CT molecular complexity index is 987. The van der Waals surface area contributed by atoms with Crippen molar-refractivity contribution >= 4 is 29.4 Å². The van der Waals surface area contributed by atoms with Gasteiger partial charge in [-0.05, 0) is 47.7 Å². The molecule has 0 aliphatic rings. The summed E-state index contributed by atoms with van der Waals surface area (Å²) < 4.78 is 1.84. The van der Waals surface area contributed by atoms with Crippen LogP contribution >= 0.6 is 11.6 Å². The molecular formula is C23H24ClN3O. The van der Waals surface area contributed by atoms with Gasteiger partial charge in [0.05, 0.1) is 6.54 Å². The summed E-state index contributed by atoms with van der Waals surface area (Å²) in [5, 5.41) is 7.98. The summed E-state index contributed by atoms with van der Waals surface area (Å²) in [4.78, 5) is 12.2. The number of rotatable bonds is 6. The molecule has 3 rings (SSSR count). The molecule has 2 aromatic carbocycles. The van der Waals surface area contributed by atoms with Gasteiger partial charge in [0, 0.05) is 22.9 Å². The monoisotopic (exact) mass is 393 g/mol. The Kier molecular flexibility index (Phi) is 6.32. The lowest BCUT2D eigenvalue weighted by atomic mass is 10.0. The number of aryl methyl sites for hydroxylation is 1. The maximum absolute atomic E-state index is 12.2. The second-order valence-corrected chi connectivity index (χ2v) is 7.54. The molecule has 0 fully saturated rings. The average Bonchev–Trinajstić information content (AvgIpc) is 2.99. The molecule has 0 spiro atoms. The quantitative estimate of drug-likeness (QED) is 0.548. The first-order valence-electron chi connectivity index (χ1n) is 9.28. The maximum atomic E-state index is 12.2. The normalized spacial score (nSPS) is 11.3. The SMILES string of the molecule is Cc1cc(NC(=O)/C=C/c2ccc(C(C)C)cc2)nn1Cc1cccc(Cl)c1. The fourth-order valence-electron chi connectivity index (χ4n) is 2.87. The number of benzene rings is 2. The van der Waals surface area contributed by atoms with Crippen molar-refractivity contribution < 1.29 is 4.79 Å². The van der Waals surface area contributed by atoms with E-state index in [0.29, 0.717) is 23.3 Å². The first kappa shape index (κ1) is 19.9. The minimum atomic E-state index is -0.208. The molecule has 0 unspecified atom stereocenters. The zero-order valence-electron chi connectivity index (χ0n) is 16.3. The van der Waals surface area contributed by atoms with Crippen LogP contribution in [0.4, 0.5) is 5.82 Å². The second kappa shape index (κ2) is 8.89. The Morgan fingerprint density at radius 2 is 1.93 bits per heavy atom. The van der Waals surface area contributed by atoms with Crippen LogP contribution in [0.5, 0.6) is 0 Å². The van der Waals surface area contributed by atoms with E-state index in [-0.39, 0.29) is 5.91 Å². The topological polar surface area (TPSA) is 46.9 Å². The summed E-state index contributed by atoms with van der Waals surface area (Å²) in [7, 11) is 0. The van der Waals surface area contributed by atoms with Crippen LogP contribution in [0.2, 0.25) is 5.02 Å². The smallest absolute Gasteiger partial charge is 0.249 e. The summed E-state index contributed by atoms with van der Waals surface area (Å²) in [6.45, 7) is 6.87. The molecule has 5 heteroatoms. The van der Waals surface area contributed by atoms with Crippen molar-refractivity contribution in [2.24, 2.45) is 0 Å². The third-order valence-electron chi connectivity index (χ3n) is 4.48. The van der Waals surface area contributed by atoms with Gasteiger partial charge in [0.25, 0.3) is 0 Å². The molecule has 1 aromatic heterocycles. The van der Waals surface area contributed by atoms with Gasteiger partial charge >= 0.3 is 0 Å². The van der Waals surface area contributed by atoms with Gasteiger partial charge in [-0.3, -0.25) is 9.48 Å². The number of aromatic nitrogens is 2. The molecule has 28 heavy (non-hydrogen) atoms. The van der Waals surface area contributed by atoms with E-state index in [1.54, 1.807) is 6.08 Å². The lowest BCUT2D eigenvalue weighted by Gasteiger charge is -2.05. The van der Waals surface area contributed by atoms with Gasteiger partial charge in [0.15, 0.2) is 5.82 Å². The molecule has 3 aromatic rings. The third kappa shape index (κ3) is 5.33. The van der Waals surface area contributed by atoms with Crippen LogP contribution in [0.3, 0.4) is 0 Å². The van der Waals surface area contributed by atoms with Crippen LogP contribution < -0.4 is 5.32 Å². The highest BCUT2D eigenvalue weighted by molar-refractivity contribution is 6.30. The molecule has 0 aliphatic carbocycles. The van der Waals surface area contributed by atoms with E-state index >= 15 is 0 Å². The summed E-state index contributed by atoms with van der Waals surface area (Å²) in [5.74, 6) is 0.816. The lowest BCUT2D eigenvalue weighted by Crippen LogP contribution is -2.09. The Morgan fingerprint density at radius 3 is 2.61 bits per heavy atom. The Morgan fingerprint density at radius 1 is 1.18 bits per heavy atom. The number of halogens is 1. The standard InChI is InChI=1S/C23H24ClN3O/c1-16(2)20-10-7-18(8-11-20)9-12-23(28)25-22-13-17(3)27(26-22)15-19-5-4-6-21(24)14-19/h4-14,16H,15H2,1-3H3,(H,25,26,28)/b12-9+. The van der Waals surface area contributed by atoms with E-state index in [0.717, 1.165) is 16.8 Å². The fourth-order valence-corrected chi connectivity index (χ4v) is 3.08. The molecule has 1 amide bonds. The molecule has 0 saturated carbocycles. The molecule has 4 nitrogen and oxygen atoms in total. The number of hydrogen-bond donors (Lipinski definition) is 1. The van der Waals surface area contributed by atoms with E-state index in [4.69, 9.17) is 11.6 Å². The Hall–Kier alpha value is -2.85. The summed E-state index contributed by atoms with van der Waals surface area (Å²) in [5.41, 5.74) is 4.29. The third-order valence-corrected chi connectivity index (χ3v) is 4.72. The van der Waals surface area contributed by atoms with Gasteiger partial charge in [-0.2, -0.15) is 5.10 Å². The molecule has 0 atom stereocenters. The summed E-state index contributed by atoms with van der Waals surface area (Å²) in [6.07, 6.45) is 3.32. The molecule has 1 heterocycles. The number of amides is 1. The number of carbonyl (C=O) groups is 1. The number of hydrogen-bond acceptors (Lipinski definition) is 2. The van der Waals surface area contributed by atoms with Crippen molar-refractivity contribution in [1.29, 1.82) is 0 Å². The van der Waals surface area contributed by atoms with Crippen LogP contribution in [0.15, 0.2) is 60.7 Å². The Balaban J connectivity index is 1.62. The number of nitrogens with one attached hydrogen (secondary N) is 1. The van der Waals surface area contributed by atoms with E-state index in [1.807, 2.05) is 54.1 Å². The van der Waals surface area contributed by atoms with Crippen molar-refractivity contribution in [3.63, 3.8) is 0 Å². The molecule has 0 radical (unpaired) electrons. The van der Waals surface area contributed by atoms with Crippen LogP contribution in [-0.4, -0.2) is 15.7 Å². The molecule has 0 bridgehead atoms. The van der Waals surface area contributed by atoms with Gasteiger partial charge < -0.3 is 5.32 Å². The van der Waals surface area contributed by atoms with Crippen molar-refractivity contribution in [2.75, 3.05) is 5.32 Å². The van der Waals surface area contributed by atoms with E-state index in [9.17, 15) is 4.79 Å². The Labute approximate surface area is 170 Å². The van der Waals surface area contributed by atoms with E-state index in [2.05, 4.69) is 36.4 Å². The summed E-state index contributed by atoms with van der Waals surface area (Å²) in [6, 6.07) is 17.7. The molecule has 0 saturated heterocycles. The lowest BCUT2D eigenvalue weighted by molar-refractivity contribution is -0.111. The van der Waals surface area contributed by atoms with E-state index < -0.39 is 0 Å². The first-order chi connectivity index (χ1) is 13.4. The van der Waals surface area contributed by atoms with Crippen molar-refractivity contribution in [3.05, 3.63) is 88.1 Å². The molecule has 1 N–H and O–H groups in total. The van der Waals surface area contributed by atoms with Crippen molar-refractivity contribution in [2.45, 2.75) is 33.2 Å². The second-order valence-electron chi connectivity index (χ2n) is 7.10. The van der Waals surface area contributed by atoms with Gasteiger partial charge in [-0.1, -0.05) is 61.8 Å². The highest BCUT2D eigenvalue weighted by atomic mass is 35.5. The van der Waals surface area contributed by atoms with Crippen LogP contribution in [0.25, 0.3) is 6.08 Å². The van der Waals surface area contributed by atoms with Gasteiger partial charge in [-0.25, -0.2) is 0 Å². The fraction of sp³-hybridized carbons (Fsp3) is 0.217. The number of nitrogens with zero attached hydrogens (tertiary/aromatic N) is 2. The highest BCUT2D eigenvalue weighted by Crippen LogP contribution is 2.16. The zero-order valence-corrected chi connectivity index (χ0v) is 17.1. The largest absolute Gasteiger partial charge is 0.306 e. The van der Waals surface area contributed by atoms with Crippen molar-refractivity contribution in [1.82, 2.24) is 9.78 Å². The predicted octanol–water partition coefficient (Wildman–Crippen LogP) is 5.67. The maximum Gasteiger partial charge on any atom is 0.249 e. The predicted molar refractivity (Wildman–Crippen MR) is 116 cm³/mol. The number of anilines is 1.